The Morgan fingerprint density at radius 3 is 2.82 bits per heavy atom. The molecule has 0 spiro atoms. The lowest BCUT2D eigenvalue weighted by Gasteiger charge is -2.15. The van der Waals surface area contributed by atoms with Crippen LogP contribution in [0.15, 0.2) is 29.2 Å². The molecular weight excluding hydrogens is 258 g/mol. The monoisotopic (exact) mass is 273 g/mol. The molecule has 1 aromatic rings. The zero-order valence-electron chi connectivity index (χ0n) is 9.52. The molecule has 0 saturated carbocycles. The lowest BCUT2D eigenvalue weighted by molar-refractivity contribution is 0.566. The number of hydrogen-bond acceptors (Lipinski definition) is 3. The second-order valence-electron chi connectivity index (χ2n) is 4.31. The molecule has 2 rings (SSSR count). The number of halogens is 1. The molecule has 94 valence electrons. The van der Waals surface area contributed by atoms with Crippen molar-refractivity contribution >= 4 is 21.4 Å². The highest BCUT2D eigenvalue weighted by atomic mass is 35.5. The Hall–Kier alpha value is -0.580. The lowest BCUT2D eigenvalue weighted by atomic mass is 10.2. The van der Waals surface area contributed by atoms with Crippen molar-refractivity contribution in [1.82, 2.24) is 5.32 Å². The van der Waals surface area contributed by atoms with Crippen molar-refractivity contribution < 1.29 is 8.42 Å². The van der Waals surface area contributed by atoms with E-state index in [1.54, 1.807) is 18.2 Å². The van der Waals surface area contributed by atoms with Crippen LogP contribution in [0.3, 0.4) is 0 Å². The van der Waals surface area contributed by atoms with E-state index in [1.165, 1.54) is 6.07 Å². The van der Waals surface area contributed by atoms with Gasteiger partial charge in [-0.25, -0.2) is 8.42 Å². The number of sulfone groups is 1. The molecule has 1 heterocycles. The molecule has 1 fully saturated rings. The largest absolute Gasteiger partial charge is 0.317 e. The Bertz CT molecular complexity index is 479. The van der Waals surface area contributed by atoms with E-state index in [1.807, 2.05) is 0 Å². The van der Waals surface area contributed by atoms with Crippen LogP contribution < -0.4 is 5.32 Å². The molecule has 1 atom stereocenters. The second kappa shape index (κ2) is 5.38. The van der Waals surface area contributed by atoms with E-state index in [4.69, 9.17) is 11.6 Å². The summed E-state index contributed by atoms with van der Waals surface area (Å²) in [6, 6.07) is 6.54. The molecule has 1 N–H and O–H groups in total. The zero-order valence-corrected chi connectivity index (χ0v) is 11.1. The van der Waals surface area contributed by atoms with E-state index < -0.39 is 9.84 Å². The number of benzene rings is 1. The molecule has 1 aliphatic heterocycles. The van der Waals surface area contributed by atoms with Gasteiger partial charge in [0.05, 0.1) is 10.1 Å². The summed E-state index contributed by atoms with van der Waals surface area (Å²) in [7, 11) is -3.23. The van der Waals surface area contributed by atoms with Gasteiger partial charge in [-0.3, -0.25) is 0 Å². The highest BCUT2D eigenvalue weighted by molar-refractivity contribution is 7.92. The van der Waals surface area contributed by atoms with Crippen LogP contribution in [-0.2, 0) is 9.84 Å². The van der Waals surface area contributed by atoms with Crippen molar-refractivity contribution in [2.24, 2.45) is 0 Å². The summed E-state index contributed by atoms with van der Waals surface area (Å²) in [6.07, 6.45) is 2.31. The summed E-state index contributed by atoms with van der Waals surface area (Å²) in [4.78, 5) is 0.344. The van der Waals surface area contributed by atoms with Crippen LogP contribution in [-0.4, -0.2) is 26.8 Å². The molecule has 1 aliphatic rings. The summed E-state index contributed by atoms with van der Waals surface area (Å²) in [5.74, 6) is 0. The summed E-state index contributed by atoms with van der Waals surface area (Å²) >= 11 is 5.85. The van der Waals surface area contributed by atoms with Gasteiger partial charge < -0.3 is 5.32 Å². The summed E-state index contributed by atoms with van der Waals surface area (Å²) < 4.78 is 24.8. The van der Waals surface area contributed by atoms with Crippen molar-refractivity contribution in [2.75, 3.05) is 13.1 Å². The predicted molar refractivity (Wildman–Crippen MR) is 69.1 cm³/mol. The van der Waals surface area contributed by atoms with Gasteiger partial charge in [-0.05, 0) is 50.6 Å². The Labute approximate surface area is 107 Å². The van der Waals surface area contributed by atoms with Gasteiger partial charge in [0.2, 0.25) is 0 Å². The van der Waals surface area contributed by atoms with E-state index in [2.05, 4.69) is 5.32 Å². The first-order valence-corrected chi connectivity index (χ1v) is 7.73. The fourth-order valence-electron chi connectivity index (χ4n) is 2.13. The standard InChI is InChI=1S/C12H16ClNO2S/c13-10-3-1-4-12(9-10)17(15,16)11-5-2-7-14-8-6-11/h1,3-4,9,11,14H,2,5-8H2. The first-order valence-electron chi connectivity index (χ1n) is 5.81. The molecule has 3 nitrogen and oxygen atoms in total. The fraction of sp³-hybridized carbons (Fsp3) is 0.500. The minimum atomic E-state index is -3.23. The molecule has 0 amide bonds. The molecule has 1 unspecified atom stereocenters. The summed E-state index contributed by atoms with van der Waals surface area (Å²) in [6.45, 7) is 1.67. The van der Waals surface area contributed by atoms with Crippen LogP contribution in [0.5, 0.6) is 0 Å². The van der Waals surface area contributed by atoms with E-state index >= 15 is 0 Å². The van der Waals surface area contributed by atoms with Crippen molar-refractivity contribution in [2.45, 2.75) is 29.4 Å². The molecule has 0 aliphatic carbocycles. The topological polar surface area (TPSA) is 46.2 Å². The van der Waals surface area contributed by atoms with Crippen LogP contribution in [0.2, 0.25) is 5.02 Å². The molecule has 0 bridgehead atoms. The van der Waals surface area contributed by atoms with Gasteiger partial charge in [0.15, 0.2) is 9.84 Å². The van der Waals surface area contributed by atoms with Crippen molar-refractivity contribution in [3.8, 4) is 0 Å². The highest BCUT2D eigenvalue weighted by Crippen LogP contribution is 2.24. The molecule has 5 heteroatoms. The Balaban J connectivity index is 2.28. The van der Waals surface area contributed by atoms with E-state index in [9.17, 15) is 8.42 Å². The lowest BCUT2D eigenvalue weighted by Crippen LogP contribution is -2.23. The second-order valence-corrected chi connectivity index (χ2v) is 6.97. The molecule has 17 heavy (non-hydrogen) atoms. The van der Waals surface area contributed by atoms with Crippen LogP contribution in [0.4, 0.5) is 0 Å². The van der Waals surface area contributed by atoms with Gasteiger partial charge >= 0.3 is 0 Å². The molecule has 0 aromatic heterocycles. The molecule has 0 radical (unpaired) electrons. The first kappa shape index (κ1) is 12.9. The summed E-state index contributed by atoms with van der Waals surface area (Å²) in [5, 5.41) is 3.41. The van der Waals surface area contributed by atoms with Crippen LogP contribution >= 0.6 is 11.6 Å². The maximum absolute atomic E-state index is 12.4. The van der Waals surface area contributed by atoms with Crippen molar-refractivity contribution in [3.05, 3.63) is 29.3 Å². The fourth-order valence-corrected chi connectivity index (χ4v) is 4.24. The first-order chi connectivity index (χ1) is 8.10. The Morgan fingerprint density at radius 1 is 1.24 bits per heavy atom. The van der Waals surface area contributed by atoms with Gasteiger partial charge in [0.1, 0.15) is 0 Å². The van der Waals surface area contributed by atoms with Gasteiger partial charge in [-0.15, -0.1) is 0 Å². The van der Waals surface area contributed by atoms with Crippen molar-refractivity contribution in [3.63, 3.8) is 0 Å². The van der Waals surface area contributed by atoms with E-state index in [0.29, 0.717) is 16.3 Å². The predicted octanol–water partition coefficient (Wildman–Crippen LogP) is 2.26. The number of rotatable bonds is 2. The smallest absolute Gasteiger partial charge is 0.181 e. The van der Waals surface area contributed by atoms with E-state index in [-0.39, 0.29) is 5.25 Å². The zero-order chi connectivity index (χ0) is 12.3. The normalized spacial score (nSPS) is 22.1. The van der Waals surface area contributed by atoms with Gasteiger partial charge in [-0.1, -0.05) is 17.7 Å². The third kappa shape index (κ3) is 3.00. The average molecular weight is 274 g/mol. The summed E-state index contributed by atoms with van der Waals surface area (Å²) in [5.41, 5.74) is 0. The average Bonchev–Trinajstić information content (AvgIpc) is 2.58. The van der Waals surface area contributed by atoms with Gasteiger partial charge in [-0.2, -0.15) is 0 Å². The molecule has 1 aromatic carbocycles. The third-order valence-corrected chi connectivity index (χ3v) is 5.58. The quantitative estimate of drug-likeness (QED) is 0.899. The highest BCUT2D eigenvalue weighted by Gasteiger charge is 2.27. The Kier molecular flexibility index (Phi) is 4.07. The van der Waals surface area contributed by atoms with Crippen LogP contribution in [0.1, 0.15) is 19.3 Å². The maximum Gasteiger partial charge on any atom is 0.181 e. The minimum absolute atomic E-state index is 0.282. The molecular formula is C12H16ClNO2S. The number of hydrogen-bond donors (Lipinski definition) is 1. The SMILES string of the molecule is O=S(=O)(c1cccc(Cl)c1)C1CCCNCC1. The van der Waals surface area contributed by atoms with Crippen LogP contribution in [0.25, 0.3) is 0 Å². The number of nitrogens with one attached hydrogen (secondary N) is 1. The molecule has 1 saturated heterocycles. The van der Waals surface area contributed by atoms with Gasteiger partial charge in [0, 0.05) is 5.02 Å². The van der Waals surface area contributed by atoms with Crippen LogP contribution in [0, 0.1) is 0 Å². The Morgan fingerprint density at radius 2 is 2.06 bits per heavy atom. The maximum atomic E-state index is 12.4. The van der Waals surface area contributed by atoms with E-state index in [0.717, 1.165) is 25.9 Å². The minimum Gasteiger partial charge on any atom is -0.317 e. The third-order valence-electron chi connectivity index (χ3n) is 3.09. The van der Waals surface area contributed by atoms with Gasteiger partial charge in [0.25, 0.3) is 0 Å². The van der Waals surface area contributed by atoms with Crippen molar-refractivity contribution in [1.29, 1.82) is 0 Å².